The Balaban J connectivity index is 1.55. The lowest BCUT2D eigenvalue weighted by Gasteiger charge is -2.66. The number of rotatable bonds is 8. The summed E-state index contributed by atoms with van der Waals surface area (Å²) in [5.41, 5.74) is -7.21. The van der Waals surface area contributed by atoms with Crippen molar-refractivity contribution < 1.29 is 49.4 Å². The molecule has 0 aromatic rings. The normalized spacial score (nSPS) is 44.2. The van der Waals surface area contributed by atoms with E-state index < -0.39 is 86.6 Å². The maximum absolute atomic E-state index is 17.5. The van der Waals surface area contributed by atoms with E-state index in [2.05, 4.69) is 0 Å². The second-order valence-electron chi connectivity index (χ2n) is 13.5. The monoisotopic (exact) mass is 615 g/mol. The van der Waals surface area contributed by atoms with Crippen LogP contribution in [0, 0.1) is 22.7 Å². The predicted octanol–water partition coefficient (Wildman–Crippen LogP) is 2.88. The molecule has 0 aromatic heterocycles. The molecule has 0 aromatic carbocycles. The van der Waals surface area contributed by atoms with Gasteiger partial charge in [0.15, 0.2) is 23.0 Å². The lowest BCUT2D eigenvalue weighted by molar-refractivity contribution is -0.805. The molecule has 2 unspecified atom stereocenters. The predicted molar refractivity (Wildman–Crippen MR) is 146 cm³/mol. The van der Waals surface area contributed by atoms with Crippen molar-refractivity contribution in [3.8, 4) is 0 Å². The van der Waals surface area contributed by atoms with Crippen molar-refractivity contribution in [3.63, 3.8) is 0 Å². The van der Waals surface area contributed by atoms with Crippen LogP contribution in [-0.4, -0.2) is 85.6 Å². The van der Waals surface area contributed by atoms with Gasteiger partial charge in [0.05, 0.1) is 25.7 Å². The van der Waals surface area contributed by atoms with E-state index in [9.17, 15) is 23.1 Å². The number of hydrogen-bond acceptors (Lipinski definition) is 8. The van der Waals surface area contributed by atoms with Crippen LogP contribution < -0.4 is 5.11 Å². The Kier molecular flexibility index (Phi) is 7.36. The number of fused-ring (bicyclic) bond motifs is 7. The van der Waals surface area contributed by atoms with Gasteiger partial charge in [-0.05, 0) is 83.9 Å². The van der Waals surface area contributed by atoms with E-state index in [-0.39, 0.29) is 48.4 Å². The quantitative estimate of drug-likeness (QED) is 0.383. The van der Waals surface area contributed by atoms with Crippen LogP contribution in [0.25, 0.3) is 0 Å². The van der Waals surface area contributed by atoms with E-state index in [1.165, 1.54) is 19.1 Å². The van der Waals surface area contributed by atoms with Gasteiger partial charge in [0, 0.05) is 10.8 Å². The van der Waals surface area contributed by atoms with Gasteiger partial charge in [-0.2, -0.15) is 3.89 Å². The maximum Gasteiger partial charge on any atom is 0.435 e. The van der Waals surface area contributed by atoms with E-state index in [4.69, 9.17) is 13.7 Å². The lowest BCUT2D eigenvalue weighted by Crippen LogP contribution is -2.73. The molecule has 5 aliphatic rings. The number of carbonyl (C=O) groups is 2. The van der Waals surface area contributed by atoms with Gasteiger partial charge in [-0.25, -0.2) is 13.0 Å². The zero-order valence-electron chi connectivity index (χ0n) is 25.4. The summed E-state index contributed by atoms with van der Waals surface area (Å²) in [5.74, 6) is -4.21. The fraction of sp³-hybridized carbons (Fsp3) is 0.800. The fourth-order valence-corrected chi connectivity index (χ4v) is 10.7. The summed E-state index contributed by atoms with van der Waals surface area (Å²) in [7, 11) is -4.23. The number of Topliss-reactive ketones (excluding diaryl/α,β-unsaturated/α-hetero) is 1. The van der Waals surface area contributed by atoms with Crippen molar-refractivity contribution in [3.05, 3.63) is 23.8 Å². The Hall–Kier alpha value is -1.57. The molecule has 5 rings (SSSR count). The molecule has 9 nitrogen and oxygen atoms in total. The molecule has 4 fully saturated rings. The summed E-state index contributed by atoms with van der Waals surface area (Å²) < 4.78 is 77.5. The number of quaternary nitrogens is 1. The number of carbonyl (C=O) groups excluding carboxylic acids is 2. The first-order chi connectivity index (χ1) is 19.3. The van der Waals surface area contributed by atoms with Gasteiger partial charge < -0.3 is 14.6 Å². The van der Waals surface area contributed by atoms with Crippen LogP contribution in [0.2, 0.25) is 0 Å². The minimum Gasteiger partial charge on any atom is -0.850 e. The van der Waals surface area contributed by atoms with Crippen LogP contribution in [0.5, 0.6) is 0 Å². The third kappa shape index (κ3) is 3.84. The van der Waals surface area contributed by atoms with Crippen LogP contribution in [0.3, 0.4) is 0 Å². The number of alkyl halides is 2. The molecule has 3 saturated carbocycles. The van der Waals surface area contributed by atoms with Crippen molar-refractivity contribution >= 4 is 21.9 Å². The number of allylic oxidation sites excluding steroid dienone is 4. The number of ketones is 2. The Morgan fingerprint density at radius 3 is 2.33 bits per heavy atom. The molecule has 0 radical (unpaired) electrons. The van der Waals surface area contributed by atoms with Crippen LogP contribution in [0.15, 0.2) is 23.8 Å². The second kappa shape index (κ2) is 9.71. The summed E-state index contributed by atoms with van der Waals surface area (Å²) in [4.78, 5) is 26.3. The van der Waals surface area contributed by atoms with Gasteiger partial charge in [-0.1, -0.05) is 25.5 Å². The van der Waals surface area contributed by atoms with Gasteiger partial charge in [0.25, 0.3) is 0 Å². The highest BCUT2D eigenvalue weighted by molar-refractivity contribution is 7.81. The smallest absolute Gasteiger partial charge is 0.435 e. The molecule has 1 aliphatic heterocycles. The standard InChI is InChI=1S/C30H43F2NO8S/c1-8-33(9-2,10-3)42(37,38)39-17-24(36)30-25(40-26(4,5)41-30)15-19-20-14-22(31)21-13-18(34)11-12-27(21,6)29(20,32)23(35)16-28(19,30)7/h11-13,19-20,22-23,25H,8-10,14-17H2,1-7H3/t19?,20?,22-,23-,25+,27-,28-,29-,30+/m0/s1. The molecule has 4 aliphatic carbocycles. The minimum absolute atomic E-state index is 0.0289. The summed E-state index contributed by atoms with van der Waals surface area (Å²) in [5, 5.41) is 14.1. The van der Waals surface area contributed by atoms with Gasteiger partial charge >= 0.3 is 10.3 Å². The molecule has 0 N–H and O–H groups in total. The number of hydrogen-bond donors (Lipinski definition) is 0. The van der Waals surface area contributed by atoms with Crippen molar-refractivity contribution in [2.24, 2.45) is 22.7 Å². The lowest BCUT2D eigenvalue weighted by atomic mass is 9.44. The average molecular weight is 616 g/mol. The molecule has 1 heterocycles. The Morgan fingerprint density at radius 1 is 1.12 bits per heavy atom. The maximum atomic E-state index is 17.5. The molecule has 42 heavy (non-hydrogen) atoms. The molecule has 0 bridgehead atoms. The van der Waals surface area contributed by atoms with Gasteiger partial charge in [-0.3, -0.25) is 9.59 Å². The summed E-state index contributed by atoms with van der Waals surface area (Å²) >= 11 is 0. The molecule has 0 spiro atoms. The van der Waals surface area contributed by atoms with Crippen molar-refractivity contribution in [1.29, 1.82) is 0 Å². The molecule has 236 valence electrons. The third-order valence-corrected chi connectivity index (χ3v) is 13.7. The van der Waals surface area contributed by atoms with E-state index >= 15 is 8.78 Å². The molecule has 12 heteroatoms. The van der Waals surface area contributed by atoms with Gasteiger partial charge in [0.2, 0.25) is 0 Å². The number of ether oxygens (including phenoxy) is 2. The van der Waals surface area contributed by atoms with Crippen LogP contribution in [0.4, 0.5) is 8.78 Å². The Bertz CT molecular complexity index is 1340. The highest BCUT2D eigenvalue weighted by atomic mass is 32.2. The molecule has 9 atom stereocenters. The number of nitrogens with zero attached hydrogens (tertiary/aromatic N) is 1. The highest BCUT2D eigenvalue weighted by Gasteiger charge is 2.79. The zero-order chi connectivity index (χ0) is 31.3. The van der Waals surface area contributed by atoms with E-state index in [0.717, 1.165) is 6.08 Å². The fourth-order valence-electron chi connectivity index (χ4n) is 9.26. The SMILES string of the molecule is CC[N+](CC)(CC)S(=O)(=O)OCC(=O)[C@@]12OC(C)(C)O[C@@H]1CC1C3C[C@H](F)C4=CC(=O)C=C[C@]4(C)[C@@]3(F)[C@@H]([O-])C[C@@]12C. The largest absolute Gasteiger partial charge is 0.850 e. The second-order valence-corrected chi connectivity index (χ2v) is 15.4. The van der Waals surface area contributed by atoms with Gasteiger partial charge in [-0.15, -0.1) is 8.42 Å². The molecular formula is C30H43F2NO8S. The van der Waals surface area contributed by atoms with Crippen LogP contribution in [0.1, 0.15) is 67.7 Å². The van der Waals surface area contributed by atoms with Crippen molar-refractivity contribution in [1.82, 2.24) is 0 Å². The zero-order valence-corrected chi connectivity index (χ0v) is 26.3. The third-order valence-electron chi connectivity index (χ3n) is 11.6. The van der Waals surface area contributed by atoms with Crippen molar-refractivity contribution in [2.75, 3.05) is 26.2 Å². The molecule has 1 saturated heterocycles. The first-order valence-electron chi connectivity index (χ1n) is 15.0. The average Bonchev–Trinajstić information content (AvgIpc) is 3.32. The molecule has 0 amide bonds. The first kappa shape index (κ1) is 31.8. The van der Waals surface area contributed by atoms with E-state index in [1.807, 2.05) is 0 Å². The minimum atomic E-state index is -4.23. The highest BCUT2D eigenvalue weighted by Crippen LogP contribution is 2.72. The Morgan fingerprint density at radius 2 is 1.74 bits per heavy atom. The summed E-state index contributed by atoms with van der Waals surface area (Å²) in [6.07, 6.45) is -1.42. The van der Waals surface area contributed by atoms with E-state index in [0.29, 0.717) is 0 Å². The van der Waals surface area contributed by atoms with E-state index in [1.54, 1.807) is 41.5 Å². The van der Waals surface area contributed by atoms with Crippen molar-refractivity contribution in [2.45, 2.75) is 103 Å². The topological polar surface area (TPSA) is 119 Å². The summed E-state index contributed by atoms with van der Waals surface area (Å²) in [6.45, 7) is 11.5. The van der Waals surface area contributed by atoms with Crippen LogP contribution in [-0.2, 0) is 33.6 Å². The Labute approximate surface area is 247 Å². The molecular weight excluding hydrogens is 572 g/mol. The number of halogens is 2. The van der Waals surface area contributed by atoms with Gasteiger partial charge in [0.1, 0.15) is 18.4 Å². The first-order valence-corrected chi connectivity index (χ1v) is 16.3. The van der Waals surface area contributed by atoms with Crippen LogP contribution >= 0.6 is 0 Å². The summed E-state index contributed by atoms with van der Waals surface area (Å²) in [6, 6.07) is 0.